The van der Waals surface area contributed by atoms with Gasteiger partial charge in [-0.2, -0.15) is 0 Å². The average Bonchev–Trinajstić information content (AvgIpc) is 2.51. The van der Waals surface area contributed by atoms with E-state index in [1.165, 1.54) is 0 Å². The SMILES string of the molecule is CC1(C)Cc2cc(C(O)C(=O)O)cc(Br)c2O1. The zero-order valence-electron chi connectivity index (χ0n) is 9.53. The van der Waals surface area contributed by atoms with E-state index >= 15 is 0 Å². The van der Waals surface area contributed by atoms with Crippen LogP contribution in [-0.2, 0) is 11.2 Å². The lowest BCUT2D eigenvalue weighted by Gasteiger charge is -2.17. The van der Waals surface area contributed by atoms with E-state index in [0.29, 0.717) is 16.5 Å². The van der Waals surface area contributed by atoms with Crippen LogP contribution in [0.4, 0.5) is 0 Å². The van der Waals surface area contributed by atoms with Gasteiger partial charge in [0.15, 0.2) is 6.10 Å². The molecule has 0 radical (unpaired) electrons. The van der Waals surface area contributed by atoms with Gasteiger partial charge < -0.3 is 14.9 Å². The molecule has 4 nitrogen and oxygen atoms in total. The molecular weight excluding hydrogens is 288 g/mol. The van der Waals surface area contributed by atoms with E-state index in [1.807, 2.05) is 13.8 Å². The third-order valence-electron chi connectivity index (χ3n) is 2.69. The van der Waals surface area contributed by atoms with Crippen LogP contribution in [0.2, 0.25) is 0 Å². The topological polar surface area (TPSA) is 66.8 Å². The van der Waals surface area contributed by atoms with Gasteiger partial charge in [0.25, 0.3) is 0 Å². The molecule has 1 aromatic carbocycles. The number of aliphatic carboxylic acids is 1. The molecule has 92 valence electrons. The van der Waals surface area contributed by atoms with Crippen LogP contribution < -0.4 is 4.74 Å². The maximum absolute atomic E-state index is 10.7. The Morgan fingerprint density at radius 2 is 2.18 bits per heavy atom. The van der Waals surface area contributed by atoms with Gasteiger partial charge in [-0.1, -0.05) is 0 Å². The zero-order chi connectivity index (χ0) is 12.8. The normalized spacial score (nSPS) is 18.4. The standard InChI is InChI=1S/C12H13BrO4/c1-12(2)5-7-3-6(9(14)11(15)16)4-8(13)10(7)17-12/h3-4,9,14H,5H2,1-2H3,(H,15,16). The number of fused-ring (bicyclic) bond motifs is 1. The summed E-state index contributed by atoms with van der Waals surface area (Å²) in [5.74, 6) is -0.522. The third-order valence-corrected chi connectivity index (χ3v) is 3.28. The van der Waals surface area contributed by atoms with Crippen molar-refractivity contribution in [2.24, 2.45) is 0 Å². The van der Waals surface area contributed by atoms with Crippen molar-refractivity contribution < 1.29 is 19.7 Å². The number of carboxylic acid groups (broad SMARTS) is 1. The second-order valence-electron chi connectivity index (χ2n) is 4.77. The molecule has 1 aliphatic rings. The van der Waals surface area contributed by atoms with Gasteiger partial charge in [-0.05, 0) is 53.0 Å². The first-order valence-corrected chi connectivity index (χ1v) is 6.02. The van der Waals surface area contributed by atoms with Crippen molar-refractivity contribution in [3.63, 3.8) is 0 Å². The number of benzene rings is 1. The number of aliphatic hydroxyl groups excluding tert-OH is 1. The summed E-state index contributed by atoms with van der Waals surface area (Å²) in [6.45, 7) is 3.93. The van der Waals surface area contributed by atoms with E-state index in [2.05, 4.69) is 15.9 Å². The molecule has 0 bridgehead atoms. The number of ether oxygens (including phenoxy) is 1. The quantitative estimate of drug-likeness (QED) is 0.879. The Labute approximate surface area is 107 Å². The number of aliphatic hydroxyl groups is 1. The van der Waals surface area contributed by atoms with Crippen LogP contribution in [0, 0.1) is 0 Å². The van der Waals surface area contributed by atoms with E-state index in [1.54, 1.807) is 12.1 Å². The molecule has 2 rings (SSSR count). The molecule has 1 aliphatic heterocycles. The molecule has 17 heavy (non-hydrogen) atoms. The monoisotopic (exact) mass is 300 g/mol. The molecule has 1 aromatic rings. The predicted octanol–water partition coefficient (Wildman–Crippen LogP) is 2.28. The van der Waals surface area contributed by atoms with Crippen LogP contribution in [0.1, 0.15) is 31.1 Å². The Bertz CT molecular complexity index is 482. The number of carboxylic acids is 1. The van der Waals surface area contributed by atoms with Gasteiger partial charge in [-0.15, -0.1) is 0 Å². The number of hydrogen-bond acceptors (Lipinski definition) is 3. The third kappa shape index (κ3) is 2.30. The summed E-state index contributed by atoms with van der Waals surface area (Å²) >= 11 is 3.34. The minimum atomic E-state index is -1.50. The first kappa shape index (κ1) is 12.4. The Morgan fingerprint density at radius 3 is 2.76 bits per heavy atom. The van der Waals surface area contributed by atoms with Crippen molar-refractivity contribution in [1.82, 2.24) is 0 Å². The van der Waals surface area contributed by atoms with Crippen LogP contribution in [0.5, 0.6) is 5.75 Å². The predicted molar refractivity (Wildman–Crippen MR) is 65.1 cm³/mol. The highest BCUT2D eigenvalue weighted by Crippen LogP contribution is 2.41. The summed E-state index contributed by atoms with van der Waals surface area (Å²) in [6.07, 6.45) is -0.804. The molecule has 0 saturated heterocycles. The van der Waals surface area contributed by atoms with Crippen LogP contribution >= 0.6 is 15.9 Å². The number of rotatable bonds is 2. The number of hydrogen-bond donors (Lipinski definition) is 2. The highest BCUT2D eigenvalue weighted by Gasteiger charge is 2.33. The lowest BCUT2D eigenvalue weighted by atomic mass is 9.99. The van der Waals surface area contributed by atoms with Crippen LogP contribution in [-0.4, -0.2) is 21.8 Å². The fourth-order valence-electron chi connectivity index (χ4n) is 1.99. The summed E-state index contributed by atoms with van der Waals surface area (Å²) in [7, 11) is 0. The van der Waals surface area contributed by atoms with E-state index < -0.39 is 12.1 Å². The Kier molecular flexibility index (Phi) is 2.91. The Morgan fingerprint density at radius 1 is 1.53 bits per heavy atom. The van der Waals surface area contributed by atoms with Gasteiger partial charge in [-0.25, -0.2) is 4.79 Å². The van der Waals surface area contributed by atoms with Crippen molar-refractivity contribution >= 4 is 21.9 Å². The van der Waals surface area contributed by atoms with Gasteiger partial charge >= 0.3 is 5.97 Å². The molecule has 0 fully saturated rings. The smallest absolute Gasteiger partial charge is 0.337 e. The zero-order valence-corrected chi connectivity index (χ0v) is 11.1. The molecule has 2 N–H and O–H groups in total. The fraction of sp³-hybridized carbons (Fsp3) is 0.417. The van der Waals surface area contributed by atoms with Crippen molar-refractivity contribution in [2.45, 2.75) is 32.0 Å². The lowest BCUT2D eigenvalue weighted by molar-refractivity contribution is -0.146. The molecule has 0 aliphatic carbocycles. The first-order valence-electron chi connectivity index (χ1n) is 5.22. The van der Waals surface area contributed by atoms with E-state index in [4.69, 9.17) is 9.84 Å². The van der Waals surface area contributed by atoms with E-state index in [0.717, 1.165) is 11.3 Å². The van der Waals surface area contributed by atoms with E-state index in [9.17, 15) is 9.90 Å². The van der Waals surface area contributed by atoms with Gasteiger partial charge in [-0.3, -0.25) is 0 Å². The second kappa shape index (κ2) is 3.99. The molecule has 1 heterocycles. The minimum absolute atomic E-state index is 0.294. The maximum Gasteiger partial charge on any atom is 0.337 e. The van der Waals surface area contributed by atoms with Crippen molar-refractivity contribution in [3.05, 3.63) is 27.7 Å². The van der Waals surface area contributed by atoms with Crippen LogP contribution in [0.25, 0.3) is 0 Å². The van der Waals surface area contributed by atoms with Gasteiger partial charge in [0, 0.05) is 6.42 Å². The molecule has 0 saturated carbocycles. The fourth-order valence-corrected chi connectivity index (χ4v) is 2.59. The summed E-state index contributed by atoms with van der Waals surface area (Å²) in [5.41, 5.74) is 0.988. The molecule has 0 amide bonds. The molecule has 5 heteroatoms. The van der Waals surface area contributed by atoms with Crippen molar-refractivity contribution in [1.29, 1.82) is 0 Å². The highest BCUT2D eigenvalue weighted by molar-refractivity contribution is 9.10. The maximum atomic E-state index is 10.7. The summed E-state index contributed by atoms with van der Waals surface area (Å²) in [4.78, 5) is 10.7. The lowest BCUT2D eigenvalue weighted by Crippen LogP contribution is -2.24. The molecule has 1 unspecified atom stereocenters. The Hall–Kier alpha value is -1.07. The largest absolute Gasteiger partial charge is 0.486 e. The summed E-state index contributed by atoms with van der Waals surface area (Å²) < 4.78 is 6.42. The van der Waals surface area contributed by atoms with Gasteiger partial charge in [0.05, 0.1) is 4.47 Å². The van der Waals surface area contributed by atoms with Crippen molar-refractivity contribution in [3.8, 4) is 5.75 Å². The van der Waals surface area contributed by atoms with Crippen LogP contribution in [0.3, 0.4) is 0 Å². The molecule has 1 atom stereocenters. The van der Waals surface area contributed by atoms with Crippen LogP contribution in [0.15, 0.2) is 16.6 Å². The molecule has 0 aromatic heterocycles. The van der Waals surface area contributed by atoms with E-state index in [-0.39, 0.29) is 5.60 Å². The number of halogens is 1. The summed E-state index contributed by atoms with van der Waals surface area (Å²) in [5, 5.41) is 18.3. The minimum Gasteiger partial charge on any atom is -0.486 e. The molecular formula is C12H13BrO4. The summed E-state index contributed by atoms with van der Waals surface area (Å²) in [6, 6.07) is 3.27. The highest BCUT2D eigenvalue weighted by atomic mass is 79.9. The second-order valence-corrected chi connectivity index (χ2v) is 5.62. The van der Waals surface area contributed by atoms with Gasteiger partial charge in [0.1, 0.15) is 11.4 Å². The first-order chi connectivity index (χ1) is 7.80. The molecule has 0 spiro atoms. The Balaban J connectivity index is 2.44. The van der Waals surface area contributed by atoms with Crippen molar-refractivity contribution in [2.75, 3.05) is 0 Å². The number of carbonyl (C=O) groups is 1. The average molecular weight is 301 g/mol. The van der Waals surface area contributed by atoms with Gasteiger partial charge in [0.2, 0.25) is 0 Å².